The third-order valence-electron chi connectivity index (χ3n) is 3.80. The summed E-state index contributed by atoms with van der Waals surface area (Å²) in [5.74, 6) is -1.35. The molecule has 1 aliphatic heterocycles. The summed E-state index contributed by atoms with van der Waals surface area (Å²) in [7, 11) is 0. The second-order valence-electron chi connectivity index (χ2n) is 5.29. The lowest BCUT2D eigenvalue weighted by Gasteiger charge is -2.35. The fourth-order valence-electron chi connectivity index (χ4n) is 2.63. The molecule has 0 radical (unpaired) electrons. The van der Waals surface area contributed by atoms with Crippen LogP contribution in [-0.4, -0.2) is 71.0 Å². The number of amides is 2. The minimum absolute atomic E-state index is 0.0138. The van der Waals surface area contributed by atoms with Crippen molar-refractivity contribution in [3.8, 4) is 0 Å². The number of likely N-dealkylation sites (N-methyl/N-ethyl adjacent to an activating group) is 1. The van der Waals surface area contributed by atoms with Crippen LogP contribution in [-0.2, 0) is 14.4 Å². The number of carbonyl (C=O) groups excluding carboxylic acids is 2. The molecule has 2 N–H and O–H groups in total. The highest BCUT2D eigenvalue weighted by Crippen LogP contribution is 2.26. The predicted molar refractivity (Wildman–Crippen MR) is 71.0 cm³/mol. The Balaban J connectivity index is 1.98. The molecule has 2 amide bonds. The Labute approximate surface area is 117 Å². The number of aliphatic carboxylic acids is 1. The Kier molecular flexibility index (Phi) is 4.59. The molecule has 112 valence electrons. The van der Waals surface area contributed by atoms with Crippen molar-refractivity contribution < 1.29 is 19.5 Å². The molecule has 0 aromatic rings. The van der Waals surface area contributed by atoms with E-state index >= 15 is 0 Å². The average Bonchev–Trinajstić information content (AvgIpc) is 3.18. The van der Waals surface area contributed by atoms with Gasteiger partial charge < -0.3 is 15.3 Å². The number of carboxylic acids is 1. The Morgan fingerprint density at radius 3 is 2.70 bits per heavy atom. The minimum Gasteiger partial charge on any atom is -0.481 e. The van der Waals surface area contributed by atoms with Crippen molar-refractivity contribution in [2.75, 3.05) is 26.2 Å². The van der Waals surface area contributed by atoms with E-state index in [1.807, 2.05) is 11.8 Å². The topological polar surface area (TPSA) is 90.0 Å². The molecule has 0 aromatic heterocycles. The van der Waals surface area contributed by atoms with Gasteiger partial charge in [-0.25, -0.2) is 0 Å². The molecule has 20 heavy (non-hydrogen) atoms. The average molecular weight is 283 g/mol. The van der Waals surface area contributed by atoms with Gasteiger partial charge in [0.2, 0.25) is 11.8 Å². The number of nitrogens with zero attached hydrogens (tertiary/aromatic N) is 2. The smallest absolute Gasteiger partial charge is 0.305 e. The lowest BCUT2D eigenvalue weighted by atomic mass is 10.1. The largest absolute Gasteiger partial charge is 0.481 e. The molecule has 1 aliphatic carbocycles. The number of piperazine rings is 1. The van der Waals surface area contributed by atoms with Gasteiger partial charge in [0, 0.05) is 25.7 Å². The highest BCUT2D eigenvalue weighted by molar-refractivity contribution is 5.88. The van der Waals surface area contributed by atoms with E-state index < -0.39 is 12.0 Å². The van der Waals surface area contributed by atoms with Gasteiger partial charge in [0.25, 0.3) is 0 Å². The molecule has 7 nitrogen and oxygen atoms in total. The molecule has 1 unspecified atom stereocenters. The zero-order valence-electron chi connectivity index (χ0n) is 11.7. The minimum atomic E-state index is -1.03. The van der Waals surface area contributed by atoms with E-state index in [1.54, 1.807) is 4.90 Å². The maximum Gasteiger partial charge on any atom is 0.305 e. The number of hydrogen-bond donors (Lipinski definition) is 2. The Morgan fingerprint density at radius 2 is 2.15 bits per heavy atom. The van der Waals surface area contributed by atoms with Gasteiger partial charge in [-0.3, -0.25) is 19.3 Å². The third-order valence-corrected chi connectivity index (χ3v) is 3.80. The lowest BCUT2D eigenvalue weighted by Crippen LogP contribution is -2.58. The maximum atomic E-state index is 12.3. The number of carbonyl (C=O) groups is 3. The molecule has 1 atom stereocenters. The van der Waals surface area contributed by atoms with Crippen LogP contribution in [0.5, 0.6) is 0 Å². The van der Waals surface area contributed by atoms with E-state index in [9.17, 15) is 14.4 Å². The van der Waals surface area contributed by atoms with E-state index in [-0.39, 0.29) is 24.8 Å². The molecule has 0 aromatic carbocycles. The molecule has 0 spiro atoms. The van der Waals surface area contributed by atoms with Crippen LogP contribution in [0.4, 0.5) is 0 Å². The number of hydrogen-bond acceptors (Lipinski definition) is 4. The SMILES string of the molecule is CCN(C(=O)CN1CCNC(=O)C1CC(=O)O)C1CC1. The van der Waals surface area contributed by atoms with Gasteiger partial charge in [-0.15, -0.1) is 0 Å². The Morgan fingerprint density at radius 1 is 1.45 bits per heavy atom. The molecule has 0 bridgehead atoms. The molecule has 1 saturated carbocycles. The monoisotopic (exact) mass is 283 g/mol. The first-order valence-corrected chi connectivity index (χ1v) is 7.06. The van der Waals surface area contributed by atoms with Crippen molar-refractivity contribution in [3.63, 3.8) is 0 Å². The molecule has 2 fully saturated rings. The van der Waals surface area contributed by atoms with Gasteiger partial charge in [-0.2, -0.15) is 0 Å². The molecule has 2 rings (SSSR count). The van der Waals surface area contributed by atoms with Gasteiger partial charge in [0.05, 0.1) is 13.0 Å². The fraction of sp³-hybridized carbons (Fsp3) is 0.769. The molecular weight excluding hydrogens is 262 g/mol. The van der Waals surface area contributed by atoms with Crippen LogP contribution in [0, 0.1) is 0 Å². The van der Waals surface area contributed by atoms with Gasteiger partial charge in [0.15, 0.2) is 0 Å². The molecule has 7 heteroatoms. The van der Waals surface area contributed by atoms with Crippen LogP contribution in [0.2, 0.25) is 0 Å². The summed E-state index contributed by atoms with van der Waals surface area (Å²) in [6, 6.07) is -0.410. The first-order chi connectivity index (χ1) is 9.52. The quantitative estimate of drug-likeness (QED) is 0.671. The summed E-state index contributed by atoms with van der Waals surface area (Å²) in [5.41, 5.74) is 0. The van der Waals surface area contributed by atoms with Crippen molar-refractivity contribution in [1.82, 2.24) is 15.1 Å². The predicted octanol–water partition coefficient (Wildman–Crippen LogP) is -0.728. The third kappa shape index (κ3) is 3.47. The van der Waals surface area contributed by atoms with E-state index in [4.69, 9.17) is 5.11 Å². The summed E-state index contributed by atoms with van der Waals surface area (Å²) >= 11 is 0. The van der Waals surface area contributed by atoms with E-state index in [2.05, 4.69) is 5.32 Å². The van der Waals surface area contributed by atoms with Crippen molar-refractivity contribution in [2.45, 2.75) is 38.3 Å². The van der Waals surface area contributed by atoms with Crippen molar-refractivity contribution >= 4 is 17.8 Å². The van der Waals surface area contributed by atoms with Crippen molar-refractivity contribution in [2.24, 2.45) is 0 Å². The molecular formula is C13H21N3O4. The maximum absolute atomic E-state index is 12.3. The summed E-state index contributed by atoms with van der Waals surface area (Å²) in [6.07, 6.45) is 1.81. The van der Waals surface area contributed by atoms with Crippen LogP contribution in [0.3, 0.4) is 0 Å². The zero-order valence-corrected chi connectivity index (χ0v) is 11.7. The number of rotatable bonds is 6. The van der Waals surface area contributed by atoms with Crippen LogP contribution < -0.4 is 5.32 Å². The second-order valence-corrected chi connectivity index (χ2v) is 5.29. The van der Waals surface area contributed by atoms with Gasteiger partial charge in [-0.05, 0) is 19.8 Å². The van der Waals surface area contributed by atoms with Crippen molar-refractivity contribution in [3.05, 3.63) is 0 Å². The summed E-state index contributed by atoms with van der Waals surface area (Å²) in [4.78, 5) is 38.4. The van der Waals surface area contributed by atoms with Crippen molar-refractivity contribution in [1.29, 1.82) is 0 Å². The van der Waals surface area contributed by atoms with Gasteiger partial charge in [-0.1, -0.05) is 0 Å². The number of carboxylic acid groups (broad SMARTS) is 1. The van der Waals surface area contributed by atoms with Crippen LogP contribution in [0.15, 0.2) is 0 Å². The van der Waals surface area contributed by atoms with Crippen LogP contribution >= 0.6 is 0 Å². The van der Waals surface area contributed by atoms with Crippen LogP contribution in [0.25, 0.3) is 0 Å². The van der Waals surface area contributed by atoms with Crippen LogP contribution in [0.1, 0.15) is 26.2 Å². The standard InChI is InChI=1S/C13H21N3O4/c1-2-16(9-3-4-9)11(17)8-15-6-5-14-13(20)10(15)7-12(18)19/h9-10H,2-8H2,1H3,(H,14,20)(H,18,19). The first kappa shape index (κ1) is 14.8. The van der Waals surface area contributed by atoms with E-state index in [0.717, 1.165) is 12.8 Å². The first-order valence-electron chi connectivity index (χ1n) is 7.06. The highest BCUT2D eigenvalue weighted by atomic mass is 16.4. The summed E-state index contributed by atoms with van der Waals surface area (Å²) in [6.45, 7) is 3.69. The summed E-state index contributed by atoms with van der Waals surface area (Å²) < 4.78 is 0. The Bertz CT molecular complexity index is 408. The van der Waals surface area contributed by atoms with E-state index in [1.165, 1.54) is 0 Å². The lowest BCUT2D eigenvalue weighted by molar-refractivity contribution is -0.145. The van der Waals surface area contributed by atoms with E-state index in [0.29, 0.717) is 25.7 Å². The Hall–Kier alpha value is -1.63. The summed E-state index contributed by atoms with van der Waals surface area (Å²) in [5, 5.41) is 11.5. The van der Waals surface area contributed by atoms with Gasteiger partial charge in [0.1, 0.15) is 6.04 Å². The second kappa shape index (κ2) is 6.21. The highest BCUT2D eigenvalue weighted by Gasteiger charge is 2.36. The fourth-order valence-corrected chi connectivity index (χ4v) is 2.63. The normalized spacial score (nSPS) is 23.2. The molecule has 1 saturated heterocycles. The molecule has 2 aliphatic rings. The number of nitrogens with one attached hydrogen (secondary N) is 1. The zero-order chi connectivity index (χ0) is 14.7. The van der Waals surface area contributed by atoms with Gasteiger partial charge >= 0.3 is 5.97 Å². The molecule has 1 heterocycles.